The molecule has 1 rings (SSSR count). The third-order valence-electron chi connectivity index (χ3n) is 1.27. The molecule has 0 amide bonds. The van der Waals surface area contributed by atoms with Crippen molar-refractivity contribution < 1.29 is 4.79 Å². The Morgan fingerprint density at radius 3 is 2.80 bits per heavy atom. The number of thiocarbonyl (C=S) groups is 1. The molecule has 0 spiro atoms. The highest BCUT2D eigenvalue weighted by atomic mass is 32.1. The molecule has 0 radical (unpaired) electrons. The smallest absolute Gasteiger partial charge is 0.169 e. The fourth-order valence-corrected chi connectivity index (χ4v) is 0.944. The first-order valence-corrected chi connectivity index (χ1v) is 3.32. The number of hydrogen-bond acceptors (Lipinski definition) is 2. The van der Waals surface area contributed by atoms with E-state index in [0.717, 1.165) is 0 Å². The Morgan fingerprint density at radius 2 is 2.40 bits per heavy atom. The molecule has 2 nitrogen and oxygen atoms in total. The summed E-state index contributed by atoms with van der Waals surface area (Å²) in [6, 6.07) is 0. The Hall–Kier alpha value is -0.960. The standard InChI is InChI=1S/C7H7NOS/c8-7(10)5-3-1-2-4-6(5)9/h1-3H,4H2,(H2,8,10). The summed E-state index contributed by atoms with van der Waals surface area (Å²) in [6.45, 7) is 0. The van der Waals surface area contributed by atoms with Gasteiger partial charge in [-0.05, 0) is 6.08 Å². The van der Waals surface area contributed by atoms with Gasteiger partial charge in [0.1, 0.15) is 4.99 Å². The molecule has 0 atom stereocenters. The van der Waals surface area contributed by atoms with E-state index in [-0.39, 0.29) is 10.8 Å². The van der Waals surface area contributed by atoms with Crippen molar-refractivity contribution in [2.45, 2.75) is 6.42 Å². The highest BCUT2D eigenvalue weighted by Crippen LogP contribution is 2.07. The molecule has 10 heavy (non-hydrogen) atoms. The van der Waals surface area contributed by atoms with Crippen molar-refractivity contribution in [2.75, 3.05) is 0 Å². The molecule has 0 aromatic heterocycles. The maximum absolute atomic E-state index is 10.9. The SMILES string of the molecule is NC(=S)C1=CC=CCC1=O. The predicted molar refractivity (Wildman–Crippen MR) is 43.6 cm³/mol. The Morgan fingerprint density at radius 1 is 1.70 bits per heavy atom. The summed E-state index contributed by atoms with van der Waals surface area (Å²) in [5, 5.41) is 0. The summed E-state index contributed by atoms with van der Waals surface area (Å²) in [5.74, 6) is 0.00926. The van der Waals surface area contributed by atoms with E-state index in [0.29, 0.717) is 12.0 Å². The van der Waals surface area contributed by atoms with Gasteiger partial charge in [0.15, 0.2) is 5.78 Å². The average Bonchev–Trinajstić information content (AvgIpc) is 1.88. The molecule has 0 aromatic rings. The lowest BCUT2D eigenvalue weighted by Gasteiger charge is -2.03. The van der Waals surface area contributed by atoms with E-state index >= 15 is 0 Å². The first kappa shape index (κ1) is 7.15. The normalized spacial score (nSPS) is 16.8. The minimum absolute atomic E-state index is 0.00926. The van der Waals surface area contributed by atoms with Crippen molar-refractivity contribution in [1.29, 1.82) is 0 Å². The molecule has 0 aliphatic heterocycles. The molecular weight excluding hydrogens is 146 g/mol. The highest BCUT2D eigenvalue weighted by molar-refractivity contribution is 7.80. The second-order valence-electron chi connectivity index (χ2n) is 2.00. The largest absolute Gasteiger partial charge is 0.389 e. The molecule has 1 aliphatic rings. The lowest BCUT2D eigenvalue weighted by Crippen LogP contribution is -2.19. The summed E-state index contributed by atoms with van der Waals surface area (Å²) < 4.78 is 0. The van der Waals surface area contributed by atoms with Crippen molar-refractivity contribution in [1.82, 2.24) is 0 Å². The number of allylic oxidation sites excluding steroid dienone is 3. The molecule has 52 valence electrons. The molecule has 1 aliphatic carbocycles. The first-order chi connectivity index (χ1) is 4.72. The van der Waals surface area contributed by atoms with Crippen LogP contribution in [0.15, 0.2) is 23.8 Å². The minimum Gasteiger partial charge on any atom is -0.389 e. The summed E-state index contributed by atoms with van der Waals surface area (Å²) >= 11 is 4.65. The Balaban J connectivity index is 2.91. The lowest BCUT2D eigenvalue weighted by atomic mass is 10.0. The Kier molecular flexibility index (Phi) is 1.97. The van der Waals surface area contributed by atoms with E-state index < -0.39 is 0 Å². The fraction of sp³-hybridized carbons (Fsp3) is 0.143. The molecule has 0 bridgehead atoms. The van der Waals surface area contributed by atoms with Crippen LogP contribution in [0.3, 0.4) is 0 Å². The molecule has 0 saturated carbocycles. The van der Waals surface area contributed by atoms with Gasteiger partial charge in [-0.2, -0.15) is 0 Å². The topological polar surface area (TPSA) is 43.1 Å². The number of carbonyl (C=O) groups is 1. The van der Waals surface area contributed by atoms with Crippen LogP contribution in [-0.4, -0.2) is 10.8 Å². The van der Waals surface area contributed by atoms with E-state index in [4.69, 9.17) is 5.73 Å². The molecule has 2 N–H and O–H groups in total. The zero-order valence-electron chi connectivity index (χ0n) is 5.33. The van der Waals surface area contributed by atoms with Gasteiger partial charge in [0.2, 0.25) is 0 Å². The van der Waals surface area contributed by atoms with Crippen LogP contribution < -0.4 is 5.73 Å². The number of carbonyl (C=O) groups excluding carboxylic acids is 1. The fourth-order valence-electron chi connectivity index (χ4n) is 0.762. The van der Waals surface area contributed by atoms with E-state index in [1.165, 1.54) is 0 Å². The molecule has 0 heterocycles. The van der Waals surface area contributed by atoms with Gasteiger partial charge < -0.3 is 5.73 Å². The summed E-state index contributed by atoms with van der Waals surface area (Å²) in [6.07, 6.45) is 5.64. The van der Waals surface area contributed by atoms with E-state index in [2.05, 4.69) is 12.2 Å². The monoisotopic (exact) mass is 153 g/mol. The van der Waals surface area contributed by atoms with Gasteiger partial charge in [0.25, 0.3) is 0 Å². The Bertz CT molecular complexity index is 240. The second kappa shape index (κ2) is 2.75. The van der Waals surface area contributed by atoms with Crippen molar-refractivity contribution in [3.8, 4) is 0 Å². The van der Waals surface area contributed by atoms with Crippen LogP contribution in [0.4, 0.5) is 0 Å². The van der Waals surface area contributed by atoms with Crippen LogP contribution in [0.25, 0.3) is 0 Å². The zero-order valence-corrected chi connectivity index (χ0v) is 6.15. The van der Waals surface area contributed by atoms with Crippen molar-refractivity contribution >= 4 is 23.0 Å². The van der Waals surface area contributed by atoms with Crippen molar-refractivity contribution in [2.24, 2.45) is 5.73 Å². The maximum Gasteiger partial charge on any atom is 0.169 e. The van der Waals surface area contributed by atoms with Gasteiger partial charge in [0, 0.05) is 6.42 Å². The summed E-state index contributed by atoms with van der Waals surface area (Å²) in [5.41, 5.74) is 5.74. The van der Waals surface area contributed by atoms with Gasteiger partial charge >= 0.3 is 0 Å². The molecule has 0 unspecified atom stereocenters. The second-order valence-corrected chi connectivity index (χ2v) is 2.44. The number of hydrogen-bond donors (Lipinski definition) is 1. The lowest BCUT2D eigenvalue weighted by molar-refractivity contribution is -0.114. The highest BCUT2D eigenvalue weighted by Gasteiger charge is 2.11. The number of nitrogens with two attached hydrogens (primary N) is 1. The van der Waals surface area contributed by atoms with Crippen LogP contribution >= 0.6 is 12.2 Å². The number of rotatable bonds is 1. The van der Waals surface area contributed by atoms with Crippen molar-refractivity contribution in [3.63, 3.8) is 0 Å². The third kappa shape index (κ3) is 1.30. The first-order valence-electron chi connectivity index (χ1n) is 2.91. The van der Waals surface area contributed by atoms with Crippen molar-refractivity contribution in [3.05, 3.63) is 23.8 Å². The van der Waals surface area contributed by atoms with Crippen LogP contribution in [0.1, 0.15) is 6.42 Å². The summed E-state index contributed by atoms with van der Waals surface area (Å²) in [7, 11) is 0. The molecule has 0 saturated heterocycles. The predicted octanol–water partition coefficient (Wildman–Crippen LogP) is 0.728. The molecule has 0 aromatic carbocycles. The van der Waals surface area contributed by atoms with E-state index in [1.54, 1.807) is 18.2 Å². The molecular formula is C7H7NOS. The quantitative estimate of drug-likeness (QED) is 0.565. The van der Waals surface area contributed by atoms with Gasteiger partial charge in [-0.15, -0.1) is 0 Å². The minimum atomic E-state index is 0.00926. The van der Waals surface area contributed by atoms with Crippen LogP contribution in [0.5, 0.6) is 0 Å². The van der Waals surface area contributed by atoms with Gasteiger partial charge in [0.05, 0.1) is 5.57 Å². The summed E-state index contributed by atoms with van der Waals surface area (Å²) in [4.78, 5) is 11.1. The molecule has 3 heteroatoms. The van der Waals surface area contributed by atoms with Gasteiger partial charge in [-0.1, -0.05) is 24.4 Å². The van der Waals surface area contributed by atoms with Gasteiger partial charge in [-0.25, -0.2) is 0 Å². The number of ketones is 1. The Labute approximate surface area is 64.4 Å². The van der Waals surface area contributed by atoms with E-state index in [1.807, 2.05) is 0 Å². The number of Topliss-reactive ketones (excluding diaryl/α,β-unsaturated/α-hetero) is 1. The van der Waals surface area contributed by atoms with E-state index in [9.17, 15) is 4.79 Å². The van der Waals surface area contributed by atoms with Crippen LogP contribution in [0.2, 0.25) is 0 Å². The average molecular weight is 153 g/mol. The molecule has 0 fully saturated rings. The van der Waals surface area contributed by atoms with Crippen LogP contribution in [-0.2, 0) is 4.79 Å². The van der Waals surface area contributed by atoms with Gasteiger partial charge in [-0.3, -0.25) is 4.79 Å². The third-order valence-corrected chi connectivity index (χ3v) is 1.49. The zero-order chi connectivity index (χ0) is 7.56. The van der Waals surface area contributed by atoms with Crippen LogP contribution in [0, 0.1) is 0 Å². The maximum atomic E-state index is 10.9.